The van der Waals surface area contributed by atoms with E-state index < -0.39 is 11.8 Å². The Labute approximate surface area is 154 Å². The highest BCUT2D eigenvalue weighted by atomic mass is 35.5. The normalized spacial score (nSPS) is 16.2. The third-order valence-electron chi connectivity index (χ3n) is 3.60. The number of thiocarbonyl (C=S) groups is 1. The Hall–Kier alpha value is -2.70. The molecule has 2 amide bonds. The summed E-state index contributed by atoms with van der Waals surface area (Å²) in [6.45, 7) is 0. The van der Waals surface area contributed by atoms with Crippen molar-refractivity contribution in [3.05, 3.63) is 64.7 Å². The monoisotopic (exact) mass is 372 g/mol. The van der Waals surface area contributed by atoms with Crippen LogP contribution in [0.4, 0.5) is 5.69 Å². The number of rotatable bonds is 3. The Morgan fingerprint density at radius 1 is 1.16 bits per heavy atom. The summed E-state index contributed by atoms with van der Waals surface area (Å²) in [4.78, 5) is 26.3. The minimum atomic E-state index is -0.547. The zero-order chi connectivity index (χ0) is 18.0. The fraction of sp³-hybridized carbons (Fsp3) is 0.0556. The van der Waals surface area contributed by atoms with Crippen LogP contribution in [0.1, 0.15) is 5.56 Å². The zero-order valence-corrected chi connectivity index (χ0v) is 14.7. The molecule has 0 saturated carbocycles. The van der Waals surface area contributed by atoms with E-state index in [1.54, 1.807) is 42.5 Å². The molecular formula is C18H13ClN2O3S. The molecule has 0 spiro atoms. The predicted octanol–water partition coefficient (Wildman–Crippen LogP) is 3.18. The topological polar surface area (TPSA) is 58.6 Å². The summed E-state index contributed by atoms with van der Waals surface area (Å²) in [6, 6.07) is 13.9. The number of benzene rings is 2. The summed E-state index contributed by atoms with van der Waals surface area (Å²) in [6.07, 6.45) is 1.47. The van der Waals surface area contributed by atoms with Crippen LogP contribution in [0.3, 0.4) is 0 Å². The van der Waals surface area contributed by atoms with Gasteiger partial charge in [0.05, 0.1) is 17.8 Å². The average Bonchev–Trinajstić information content (AvgIpc) is 2.59. The third kappa shape index (κ3) is 3.40. The predicted molar refractivity (Wildman–Crippen MR) is 101 cm³/mol. The highest BCUT2D eigenvalue weighted by molar-refractivity contribution is 7.80. The number of amides is 2. The van der Waals surface area contributed by atoms with E-state index in [0.29, 0.717) is 22.0 Å². The maximum Gasteiger partial charge on any atom is 0.270 e. The minimum Gasteiger partial charge on any atom is -0.495 e. The van der Waals surface area contributed by atoms with Gasteiger partial charge in [-0.25, -0.2) is 0 Å². The van der Waals surface area contributed by atoms with Crippen molar-refractivity contribution in [1.29, 1.82) is 0 Å². The van der Waals surface area contributed by atoms with Gasteiger partial charge >= 0.3 is 0 Å². The van der Waals surface area contributed by atoms with Gasteiger partial charge in [0.2, 0.25) is 0 Å². The maximum absolute atomic E-state index is 12.8. The van der Waals surface area contributed by atoms with E-state index >= 15 is 0 Å². The molecule has 126 valence electrons. The van der Waals surface area contributed by atoms with Crippen molar-refractivity contribution in [2.45, 2.75) is 0 Å². The number of nitrogens with one attached hydrogen (secondary N) is 1. The van der Waals surface area contributed by atoms with E-state index in [1.807, 2.05) is 6.07 Å². The van der Waals surface area contributed by atoms with Gasteiger partial charge in [0.1, 0.15) is 11.3 Å². The van der Waals surface area contributed by atoms with Gasteiger partial charge in [-0.1, -0.05) is 35.9 Å². The second-order valence-corrected chi connectivity index (χ2v) is 5.98. The summed E-state index contributed by atoms with van der Waals surface area (Å²) in [7, 11) is 1.51. The highest BCUT2D eigenvalue weighted by Gasteiger charge is 2.34. The number of ether oxygens (including phenoxy) is 1. The molecule has 2 aromatic carbocycles. The average molecular weight is 373 g/mol. The molecule has 1 fully saturated rings. The Balaban J connectivity index is 2.00. The molecule has 0 aromatic heterocycles. The molecular weight excluding hydrogens is 360 g/mol. The lowest BCUT2D eigenvalue weighted by Gasteiger charge is -2.28. The Kier molecular flexibility index (Phi) is 4.83. The lowest BCUT2D eigenvalue weighted by Crippen LogP contribution is -2.54. The molecule has 3 rings (SSSR count). The number of methoxy groups -OCH3 is 1. The Morgan fingerprint density at radius 2 is 1.88 bits per heavy atom. The fourth-order valence-corrected chi connectivity index (χ4v) is 2.96. The van der Waals surface area contributed by atoms with E-state index in [1.165, 1.54) is 18.1 Å². The highest BCUT2D eigenvalue weighted by Crippen LogP contribution is 2.27. The van der Waals surface area contributed by atoms with Crippen LogP contribution < -0.4 is 15.0 Å². The minimum absolute atomic E-state index is 0.0290. The lowest BCUT2D eigenvalue weighted by atomic mass is 10.1. The second kappa shape index (κ2) is 7.04. The number of nitrogens with zero attached hydrogens (tertiary/aromatic N) is 1. The molecule has 0 bridgehead atoms. The molecule has 1 heterocycles. The van der Waals surface area contributed by atoms with Crippen molar-refractivity contribution < 1.29 is 14.3 Å². The first-order chi connectivity index (χ1) is 12.0. The molecule has 2 aromatic rings. The van der Waals surface area contributed by atoms with Crippen LogP contribution in [-0.2, 0) is 9.59 Å². The molecule has 0 radical (unpaired) electrons. The van der Waals surface area contributed by atoms with Gasteiger partial charge < -0.3 is 4.74 Å². The molecule has 0 aliphatic carbocycles. The van der Waals surface area contributed by atoms with Gasteiger partial charge in [0, 0.05) is 0 Å². The first-order valence-corrected chi connectivity index (χ1v) is 8.10. The van der Waals surface area contributed by atoms with Gasteiger partial charge in [-0.2, -0.15) is 0 Å². The number of anilines is 1. The van der Waals surface area contributed by atoms with E-state index in [-0.39, 0.29) is 10.7 Å². The quantitative estimate of drug-likeness (QED) is 0.510. The number of para-hydroxylation sites is 1. The smallest absolute Gasteiger partial charge is 0.270 e. The third-order valence-corrected chi connectivity index (χ3v) is 4.18. The van der Waals surface area contributed by atoms with Crippen molar-refractivity contribution in [2.75, 3.05) is 12.0 Å². The van der Waals surface area contributed by atoms with Gasteiger partial charge in [0.15, 0.2) is 5.11 Å². The molecule has 1 saturated heterocycles. The number of hydrogen-bond acceptors (Lipinski definition) is 4. The summed E-state index contributed by atoms with van der Waals surface area (Å²) >= 11 is 11.2. The summed E-state index contributed by atoms with van der Waals surface area (Å²) < 4.78 is 5.10. The van der Waals surface area contributed by atoms with Crippen molar-refractivity contribution in [1.82, 2.24) is 5.32 Å². The van der Waals surface area contributed by atoms with Crippen molar-refractivity contribution >= 4 is 52.5 Å². The van der Waals surface area contributed by atoms with Gasteiger partial charge in [0.25, 0.3) is 11.8 Å². The Morgan fingerprint density at radius 3 is 2.52 bits per heavy atom. The van der Waals surface area contributed by atoms with Crippen molar-refractivity contribution in [3.63, 3.8) is 0 Å². The van der Waals surface area contributed by atoms with Gasteiger partial charge in [-0.3, -0.25) is 19.8 Å². The van der Waals surface area contributed by atoms with Crippen molar-refractivity contribution in [3.8, 4) is 5.75 Å². The van der Waals surface area contributed by atoms with Crippen LogP contribution in [0, 0.1) is 0 Å². The lowest BCUT2D eigenvalue weighted by molar-refractivity contribution is -0.122. The first-order valence-electron chi connectivity index (χ1n) is 7.31. The largest absolute Gasteiger partial charge is 0.495 e. The fourth-order valence-electron chi connectivity index (χ4n) is 2.41. The number of carbonyl (C=O) groups is 2. The zero-order valence-electron chi connectivity index (χ0n) is 13.2. The molecule has 1 aliphatic heterocycles. The first kappa shape index (κ1) is 17.1. The number of carbonyl (C=O) groups excluding carboxylic acids is 2. The molecule has 25 heavy (non-hydrogen) atoms. The second-order valence-electron chi connectivity index (χ2n) is 5.19. The molecule has 0 atom stereocenters. The van der Waals surface area contributed by atoms with Crippen LogP contribution in [0.2, 0.25) is 5.02 Å². The molecule has 1 aliphatic rings. The van der Waals surface area contributed by atoms with E-state index in [2.05, 4.69) is 5.32 Å². The van der Waals surface area contributed by atoms with E-state index in [0.717, 1.165) is 0 Å². The van der Waals surface area contributed by atoms with Gasteiger partial charge in [-0.05, 0) is 48.1 Å². The standard InChI is InChI=1S/C18H13ClN2O3S/c1-24-15-8-7-11(10-14(15)19)9-13-16(22)20-18(25)21(17(13)23)12-5-3-2-4-6-12/h2-10H,1H3,(H,20,22,25). The van der Waals surface area contributed by atoms with Crippen LogP contribution in [0.5, 0.6) is 5.75 Å². The SMILES string of the molecule is COc1ccc(C=C2C(=O)NC(=S)N(c3ccccc3)C2=O)cc1Cl. The van der Waals surface area contributed by atoms with Crippen LogP contribution in [-0.4, -0.2) is 24.0 Å². The van der Waals surface area contributed by atoms with E-state index in [9.17, 15) is 9.59 Å². The summed E-state index contributed by atoms with van der Waals surface area (Å²) in [5.41, 5.74) is 1.15. The maximum atomic E-state index is 12.8. The van der Waals surface area contributed by atoms with Crippen LogP contribution in [0.15, 0.2) is 54.1 Å². The van der Waals surface area contributed by atoms with Gasteiger partial charge in [-0.15, -0.1) is 0 Å². The molecule has 5 nitrogen and oxygen atoms in total. The molecule has 1 N–H and O–H groups in total. The Bertz CT molecular complexity index is 896. The van der Waals surface area contributed by atoms with Crippen LogP contribution in [0.25, 0.3) is 6.08 Å². The van der Waals surface area contributed by atoms with E-state index in [4.69, 9.17) is 28.6 Å². The molecule has 7 heteroatoms. The summed E-state index contributed by atoms with van der Waals surface area (Å²) in [5.74, 6) is -0.531. The van der Waals surface area contributed by atoms with Crippen LogP contribution >= 0.6 is 23.8 Å². The van der Waals surface area contributed by atoms with Crippen molar-refractivity contribution in [2.24, 2.45) is 0 Å². The summed E-state index contributed by atoms with van der Waals surface area (Å²) in [5, 5.41) is 2.97. The number of halogens is 1. The number of hydrogen-bond donors (Lipinski definition) is 1. The molecule has 0 unspecified atom stereocenters.